The molecule has 2 atom stereocenters. The zero-order valence-electron chi connectivity index (χ0n) is 9.43. The first-order chi connectivity index (χ1) is 7.74. The molecule has 0 radical (unpaired) electrons. The van der Waals surface area contributed by atoms with E-state index in [1.54, 1.807) is 6.20 Å². The molecule has 0 bridgehead atoms. The fourth-order valence-corrected chi connectivity index (χ4v) is 1.96. The summed E-state index contributed by atoms with van der Waals surface area (Å²) in [5.41, 5.74) is 5.83. The van der Waals surface area contributed by atoms with Crippen LogP contribution in [0.15, 0.2) is 12.4 Å². The van der Waals surface area contributed by atoms with E-state index in [0.717, 1.165) is 13.0 Å². The number of nitrogens with two attached hydrogens (primary N) is 1. The van der Waals surface area contributed by atoms with Gasteiger partial charge in [0.15, 0.2) is 5.82 Å². The number of ketones is 1. The third-order valence-corrected chi connectivity index (χ3v) is 2.86. The summed E-state index contributed by atoms with van der Waals surface area (Å²) in [5.74, 6) is 0.272. The predicted octanol–water partition coefficient (Wildman–Crippen LogP) is 0.450. The summed E-state index contributed by atoms with van der Waals surface area (Å²) in [7, 11) is 0. The molecule has 1 aromatic rings. The van der Waals surface area contributed by atoms with Gasteiger partial charge in [-0.3, -0.25) is 4.79 Å². The van der Waals surface area contributed by atoms with Gasteiger partial charge >= 0.3 is 0 Å². The van der Waals surface area contributed by atoms with Gasteiger partial charge in [0.25, 0.3) is 0 Å². The Balaban J connectivity index is 2.16. The van der Waals surface area contributed by atoms with E-state index in [1.807, 2.05) is 10.8 Å². The zero-order valence-corrected chi connectivity index (χ0v) is 9.43. The lowest BCUT2D eigenvalue weighted by molar-refractivity contribution is 0.0880. The van der Waals surface area contributed by atoms with Crippen molar-refractivity contribution < 1.29 is 9.53 Å². The normalized spacial score (nSPS) is 24.9. The van der Waals surface area contributed by atoms with Gasteiger partial charge in [0.05, 0.1) is 19.1 Å². The minimum atomic E-state index is -0.238. The van der Waals surface area contributed by atoms with E-state index in [0.29, 0.717) is 19.0 Å². The van der Waals surface area contributed by atoms with Crippen LogP contribution in [0.25, 0.3) is 0 Å². The van der Waals surface area contributed by atoms with E-state index >= 15 is 0 Å². The highest BCUT2D eigenvalue weighted by molar-refractivity contribution is 5.95. The summed E-state index contributed by atoms with van der Waals surface area (Å²) < 4.78 is 7.09. The number of hydrogen-bond donors (Lipinski definition) is 1. The van der Waals surface area contributed by atoms with E-state index in [1.165, 1.54) is 0 Å². The number of rotatable bonds is 4. The molecular formula is C11H17N3O2. The predicted molar refractivity (Wildman–Crippen MR) is 59.1 cm³/mol. The molecule has 2 heterocycles. The van der Waals surface area contributed by atoms with Gasteiger partial charge < -0.3 is 15.0 Å². The van der Waals surface area contributed by atoms with Gasteiger partial charge in [-0.2, -0.15) is 0 Å². The Kier molecular flexibility index (Phi) is 3.36. The van der Waals surface area contributed by atoms with Crippen LogP contribution in [0.4, 0.5) is 0 Å². The smallest absolute Gasteiger partial charge is 0.205 e. The molecule has 1 aliphatic rings. The third kappa shape index (κ3) is 2.01. The van der Waals surface area contributed by atoms with Crippen LogP contribution in [-0.4, -0.2) is 34.6 Å². The van der Waals surface area contributed by atoms with Crippen LogP contribution in [0.3, 0.4) is 0 Å². The van der Waals surface area contributed by atoms with Crippen LogP contribution in [0, 0.1) is 5.92 Å². The topological polar surface area (TPSA) is 70.1 Å². The number of aromatic nitrogens is 2. The quantitative estimate of drug-likeness (QED) is 0.752. The molecule has 1 aromatic heterocycles. The zero-order chi connectivity index (χ0) is 11.5. The molecule has 1 fully saturated rings. The Morgan fingerprint density at radius 2 is 2.50 bits per heavy atom. The summed E-state index contributed by atoms with van der Waals surface area (Å²) in [6, 6.07) is -0.195. The molecule has 2 unspecified atom stereocenters. The Morgan fingerprint density at radius 1 is 1.69 bits per heavy atom. The molecule has 0 aromatic carbocycles. The molecule has 0 aliphatic carbocycles. The van der Waals surface area contributed by atoms with Crippen LogP contribution < -0.4 is 5.73 Å². The second kappa shape index (κ2) is 4.76. The third-order valence-electron chi connectivity index (χ3n) is 2.86. The van der Waals surface area contributed by atoms with Gasteiger partial charge in [-0.15, -0.1) is 0 Å². The highest BCUT2D eigenvalue weighted by Crippen LogP contribution is 2.17. The lowest BCUT2D eigenvalue weighted by atomic mass is 9.99. The molecule has 1 saturated heterocycles. The van der Waals surface area contributed by atoms with Crippen LogP contribution in [0.2, 0.25) is 0 Å². The number of aryl methyl sites for hydroxylation is 1. The Hall–Kier alpha value is -1.20. The minimum absolute atomic E-state index is 0.00319. The number of nitrogens with zero attached hydrogens (tertiary/aromatic N) is 2. The van der Waals surface area contributed by atoms with Crippen LogP contribution in [0.1, 0.15) is 24.0 Å². The SMILES string of the molecule is CCCn1ccnc1C(=O)C1COCC1N. The molecule has 1 aliphatic heterocycles. The van der Waals surface area contributed by atoms with E-state index < -0.39 is 0 Å². The summed E-state index contributed by atoms with van der Waals surface area (Å²) in [6.45, 7) is 3.76. The van der Waals surface area contributed by atoms with Crippen molar-refractivity contribution in [1.82, 2.24) is 9.55 Å². The summed E-state index contributed by atoms with van der Waals surface area (Å²) in [4.78, 5) is 16.3. The van der Waals surface area contributed by atoms with Crippen molar-refractivity contribution in [3.8, 4) is 0 Å². The largest absolute Gasteiger partial charge is 0.379 e. The van der Waals surface area contributed by atoms with Crippen LogP contribution >= 0.6 is 0 Å². The second-order valence-electron chi connectivity index (χ2n) is 4.12. The first-order valence-electron chi connectivity index (χ1n) is 5.62. The van der Waals surface area contributed by atoms with Crippen molar-refractivity contribution in [3.05, 3.63) is 18.2 Å². The average Bonchev–Trinajstić information content (AvgIpc) is 2.87. The monoisotopic (exact) mass is 223 g/mol. The highest BCUT2D eigenvalue weighted by atomic mass is 16.5. The Morgan fingerprint density at radius 3 is 3.12 bits per heavy atom. The molecule has 88 valence electrons. The molecule has 0 spiro atoms. The lowest BCUT2D eigenvalue weighted by Crippen LogP contribution is -2.35. The summed E-state index contributed by atoms with van der Waals surface area (Å²) in [5, 5.41) is 0. The molecule has 0 amide bonds. The molecule has 5 nitrogen and oxygen atoms in total. The molecule has 2 N–H and O–H groups in total. The average molecular weight is 223 g/mol. The maximum Gasteiger partial charge on any atom is 0.205 e. The van der Waals surface area contributed by atoms with Crippen molar-refractivity contribution in [3.63, 3.8) is 0 Å². The van der Waals surface area contributed by atoms with Crippen molar-refractivity contribution in [2.45, 2.75) is 25.9 Å². The van der Waals surface area contributed by atoms with Crippen LogP contribution in [-0.2, 0) is 11.3 Å². The molecule has 5 heteroatoms. The molecule has 16 heavy (non-hydrogen) atoms. The maximum absolute atomic E-state index is 12.2. The van der Waals surface area contributed by atoms with Gasteiger partial charge in [0.2, 0.25) is 5.78 Å². The Labute approximate surface area is 94.6 Å². The van der Waals surface area contributed by atoms with E-state index in [4.69, 9.17) is 10.5 Å². The number of ether oxygens (including phenoxy) is 1. The van der Waals surface area contributed by atoms with Gasteiger partial charge in [0.1, 0.15) is 0 Å². The van der Waals surface area contributed by atoms with Crippen molar-refractivity contribution in [2.75, 3.05) is 13.2 Å². The van der Waals surface area contributed by atoms with Gasteiger partial charge in [-0.25, -0.2) is 4.98 Å². The first-order valence-corrected chi connectivity index (χ1v) is 5.62. The number of hydrogen-bond acceptors (Lipinski definition) is 4. The molecular weight excluding hydrogens is 206 g/mol. The maximum atomic E-state index is 12.2. The number of carbonyl (C=O) groups is 1. The van der Waals surface area contributed by atoms with Crippen molar-refractivity contribution >= 4 is 5.78 Å². The Bertz CT molecular complexity index is 375. The highest BCUT2D eigenvalue weighted by Gasteiger charge is 2.33. The van der Waals surface area contributed by atoms with Gasteiger partial charge in [-0.05, 0) is 6.42 Å². The summed E-state index contributed by atoms with van der Waals surface area (Å²) in [6.07, 6.45) is 4.46. The second-order valence-corrected chi connectivity index (χ2v) is 4.12. The van der Waals surface area contributed by atoms with E-state index in [9.17, 15) is 4.79 Å². The van der Waals surface area contributed by atoms with Crippen molar-refractivity contribution in [1.29, 1.82) is 0 Å². The summed E-state index contributed by atoms with van der Waals surface area (Å²) >= 11 is 0. The van der Waals surface area contributed by atoms with E-state index in [-0.39, 0.29) is 17.7 Å². The van der Waals surface area contributed by atoms with Gasteiger partial charge in [0, 0.05) is 25.0 Å². The van der Waals surface area contributed by atoms with E-state index in [2.05, 4.69) is 11.9 Å². The fraction of sp³-hybridized carbons (Fsp3) is 0.636. The fourth-order valence-electron chi connectivity index (χ4n) is 1.96. The molecule has 0 saturated carbocycles. The number of imidazole rings is 1. The first kappa shape index (κ1) is 11.3. The molecule has 2 rings (SSSR count). The van der Waals surface area contributed by atoms with Gasteiger partial charge in [-0.1, -0.05) is 6.92 Å². The lowest BCUT2D eigenvalue weighted by Gasteiger charge is -2.12. The number of carbonyl (C=O) groups excluding carboxylic acids is 1. The van der Waals surface area contributed by atoms with Crippen LogP contribution in [0.5, 0.6) is 0 Å². The standard InChI is InChI=1S/C11H17N3O2/c1-2-4-14-5-3-13-11(14)10(15)8-6-16-7-9(8)12/h3,5,8-9H,2,4,6-7,12H2,1H3. The number of Topliss-reactive ketones (excluding diaryl/α,β-unsaturated/α-hetero) is 1. The van der Waals surface area contributed by atoms with Crippen molar-refractivity contribution in [2.24, 2.45) is 11.7 Å². The minimum Gasteiger partial charge on any atom is -0.379 e.